The summed E-state index contributed by atoms with van der Waals surface area (Å²) in [6, 6.07) is 22.3. The van der Waals surface area contributed by atoms with Crippen molar-refractivity contribution in [2.45, 2.75) is 0 Å². The van der Waals surface area contributed by atoms with E-state index >= 15 is 0 Å². The highest BCUT2D eigenvalue weighted by Gasteiger charge is 2.15. The van der Waals surface area contributed by atoms with E-state index in [2.05, 4.69) is 33.5 Å². The fourth-order valence-electron chi connectivity index (χ4n) is 2.39. The van der Waals surface area contributed by atoms with Gasteiger partial charge in [-0.25, -0.2) is 9.97 Å². The highest BCUT2D eigenvalue weighted by atomic mass is 32.1. The van der Waals surface area contributed by atoms with Gasteiger partial charge in [-0.05, 0) is 35.7 Å². The molecule has 3 nitrogen and oxygen atoms in total. The van der Waals surface area contributed by atoms with Crippen LogP contribution in [0.2, 0.25) is 0 Å². The van der Waals surface area contributed by atoms with Crippen LogP contribution in [0.25, 0.3) is 10.9 Å². The van der Waals surface area contributed by atoms with Crippen LogP contribution in [0.1, 0.15) is 0 Å². The van der Waals surface area contributed by atoms with Gasteiger partial charge in [0.15, 0.2) is 0 Å². The summed E-state index contributed by atoms with van der Waals surface area (Å²) in [5.41, 5.74) is 2.00. The first kappa shape index (κ1) is 13.0. The Bertz CT molecular complexity index is 889. The number of aromatic nitrogens is 2. The van der Waals surface area contributed by atoms with Crippen LogP contribution >= 0.6 is 11.3 Å². The third kappa shape index (κ3) is 2.34. The van der Waals surface area contributed by atoms with Crippen molar-refractivity contribution in [2.24, 2.45) is 0 Å². The molecule has 0 aliphatic rings. The zero-order valence-electron chi connectivity index (χ0n) is 11.8. The Hall–Kier alpha value is -2.72. The molecule has 22 heavy (non-hydrogen) atoms. The molecule has 0 aliphatic carbocycles. The van der Waals surface area contributed by atoms with Crippen LogP contribution in [0.15, 0.2) is 78.3 Å². The number of benzene rings is 2. The summed E-state index contributed by atoms with van der Waals surface area (Å²) in [6.07, 6.45) is 1.88. The fraction of sp³-hybridized carbons (Fsp3) is 0. The van der Waals surface area contributed by atoms with E-state index < -0.39 is 0 Å². The van der Waals surface area contributed by atoms with E-state index in [4.69, 9.17) is 4.98 Å². The maximum absolute atomic E-state index is 4.73. The SMILES string of the molecule is c1ccc(N(c2ncc3ccccc3n2)c2cccs2)cc1. The molecule has 4 aromatic rings. The summed E-state index contributed by atoms with van der Waals surface area (Å²) in [5.74, 6) is 0.687. The molecule has 0 saturated heterocycles. The summed E-state index contributed by atoms with van der Waals surface area (Å²) in [7, 11) is 0. The number of nitrogens with zero attached hydrogens (tertiary/aromatic N) is 3. The molecule has 0 amide bonds. The van der Waals surface area contributed by atoms with Crippen LogP contribution in [0.3, 0.4) is 0 Å². The highest BCUT2D eigenvalue weighted by molar-refractivity contribution is 7.14. The van der Waals surface area contributed by atoms with Crippen LogP contribution in [0.4, 0.5) is 16.6 Å². The highest BCUT2D eigenvalue weighted by Crippen LogP contribution is 2.35. The number of hydrogen-bond donors (Lipinski definition) is 0. The Morgan fingerprint density at radius 1 is 0.818 bits per heavy atom. The molecule has 0 bridgehead atoms. The maximum Gasteiger partial charge on any atom is 0.235 e. The number of anilines is 3. The van der Waals surface area contributed by atoms with E-state index in [1.807, 2.05) is 54.7 Å². The Morgan fingerprint density at radius 2 is 1.64 bits per heavy atom. The number of thiophene rings is 1. The lowest BCUT2D eigenvalue weighted by molar-refractivity contribution is 1.12. The predicted molar refractivity (Wildman–Crippen MR) is 92.1 cm³/mol. The van der Waals surface area contributed by atoms with Crippen molar-refractivity contribution in [3.63, 3.8) is 0 Å². The predicted octanol–water partition coefficient (Wildman–Crippen LogP) is 5.16. The van der Waals surface area contributed by atoms with E-state index in [0.29, 0.717) is 5.95 Å². The minimum atomic E-state index is 0.687. The minimum absolute atomic E-state index is 0.687. The molecular weight excluding hydrogens is 290 g/mol. The van der Waals surface area contributed by atoms with Gasteiger partial charge in [-0.15, -0.1) is 11.3 Å². The number of hydrogen-bond acceptors (Lipinski definition) is 4. The molecule has 0 fully saturated rings. The molecule has 0 N–H and O–H groups in total. The van der Waals surface area contributed by atoms with Gasteiger partial charge in [0, 0.05) is 17.3 Å². The zero-order chi connectivity index (χ0) is 14.8. The molecule has 0 spiro atoms. The van der Waals surface area contributed by atoms with E-state index in [0.717, 1.165) is 21.6 Å². The summed E-state index contributed by atoms with van der Waals surface area (Å²) in [4.78, 5) is 11.4. The van der Waals surface area contributed by atoms with E-state index in [9.17, 15) is 0 Å². The Morgan fingerprint density at radius 3 is 2.45 bits per heavy atom. The van der Waals surface area contributed by atoms with Crippen LogP contribution in [-0.2, 0) is 0 Å². The van der Waals surface area contributed by atoms with Gasteiger partial charge >= 0.3 is 0 Å². The van der Waals surface area contributed by atoms with Crippen molar-refractivity contribution < 1.29 is 0 Å². The summed E-state index contributed by atoms with van der Waals surface area (Å²) >= 11 is 1.67. The molecule has 0 atom stereocenters. The lowest BCUT2D eigenvalue weighted by Gasteiger charge is -2.21. The second-order valence-corrected chi connectivity index (χ2v) is 5.78. The van der Waals surface area contributed by atoms with Crippen molar-refractivity contribution in [2.75, 3.05) is 4.90 Å². The van der Waals surface area contributed by atoms with Crippen molar-refractivity contribution in [3.05, 3.63) is 78.3 Å². The molecule has 2 aromatic carbocycles. The molecule has 2 aromatic heterocycles. The minimum Gasteiger partial charge on any atom is -0.270 e. The third-order valence-electron chi connectivity index (χ3n) is 3.42. The molecule has 4 rings (SSSR count). The van der Waals surface area contributed by atoms with Crippen molar-refractivity contribution in [1.29, 1.82) is 0 Å². The summed E-state index contributed by atoms with van der Waals surface area (Å²) in [5, 5.41) is 4.21. The molecule has 4 heteroatoms. The zero-order valence-corrected chi connectivity index (χ0v) is 12.6. The maximum atomic E-state index is 4.73. The van der Waals surface area contributed by atoms with Crippen LogP contribution in [-0.4, -0.2) is 9.97 Å². The first-order valence-electron chi connectivity index (χ1n) is 7.02. The molecule has 0 saturated carbocycles. The molecular formula is C18H13N3S. The fourth-order valence-corrected chi connectivity index (χ4v) is 3.13. The van der Waals surface area contributed by atoms with Crippen LogP contribution < -0.4 is 4.90 Å². The van der Waals surface area contributed by atoms with Crippen LogP contribution in [0.5, 0.6) is 0 Å². The van der Waals surface area contributed by atoms with E-state index in [1.54, 1.807) is 11.3 Å². The van der Waals surface area contributed by atoms with Crippen LogP contribution in [0, 0.1) is 0 Å². The Kier molecular flexibility index (Phi) is 3.29. The summed E-state index contributed by atoms with van der Waals surface area (Å²) < 4.78 is 0. The molecule has 0 unspecified atom stereocenters. The number of rotatable bonds is 3. The van der Waals surface area contributed by atoms with Gasteiger partial charge in [-0.2, -0.15) is 0 Å². The van der Waals surface area contributed by atoms with E-state index in [-0.39, 0.29) is 0 Å². The first-order valence-corrected chi connectivity index (χ1v) is 7.90. The second-order valence-electron chi connectivity index (χ2n) is 4.85. The largest absolute Gasteiger partial charge is 0.270 e. The normalized spacial score (nSPS) is 10.7. The van der Waals surface area contributed by atoms with Gasteiger partial charge in [0.1, 0.15) is 5.00 Å². The number of para-hydroxylation sites is 2. The van der Waals surface area contributed by atoms with Gasteiger partial charge in [0.2, 0.25) is 5.95 Å². The van der Waals surface area contributed by atoms with Crippen molar-refractivity contribution in [1.82, 2.24) is 9.97 Å². The monoisotopic (exact) mass is 303 g/mol. The van der Waals surface area contributed by atoms with Crippen molar-refractivity contribution >= 4 is 38.9 Å². The molecule has 0 aliphatic heterocycles. The average Bonchev–Trinajstić information content (AvgIpc) is 3.10. The second kappa shape index (κ2) is 5.58. The Balaban J connectivity index is 1.89. The quantitative estimate of drug-likeness (QED) is 0.523. The van der Waals surface area contributed by atoms with E-state index in [1.165, 1.54) is 0 Å². The lowest BCUT2D eigenvalue weighted by Crippen LogP contribution is -2.11. The number of fused-ring (bicyclic) bond motifs is 1. The third-order valence-corrected chi connectivity index (χ3v) is 4.27. The smallest absolute Gasteiger partial charge is 0.235 e. The first-order chi connectivity index (χ1) is 10.9. The van der Waals surface area contributed by atoms with Gasteiger partial charge in [-0.3, -0.25) is 4.90 Å². The molecule has 2 heterocycles. The van der Waals surface area contributed by atoms with Gasteiger partial charge < -0.3 is 0 Å². The van der Waals surface area contributed by atoms with Gasteiger partial charge in [0.25, 0.3) is 0 Å². The van der Waals surface area contributed by atoms with Gasteiger partial charge in [-0.1, -0.05) is 36.4 Å². The van der Waals surface area contributed by atoms with Gasteiger partial charge in [0.05, 0.1) is 5.52 Å². The Labute approximate surface area is 132 Å². The average molecular weight is 303 g/mol. The standard InChI is InChI=1S/C18H13N3S/c1-2-8-15(9-3-1)21(17-11-6-12-22-17)18-19-13-14-7-4-5-10-16(14)20-18/h1-13H. The lowest BCUT2D eigenvalue weighted by atomic mass is 10.2. The topological polar surface area (TPSA) is 29.0 Å². The van der Waals surface area contributed by atoms with Crippen molar-refractivity contribution in [3.8, 4) is 0 Å². The molecule has 106 valence electrons. The molecule has 0 radical (unpaired) electrons. The summed E-state index contributed by atoms with van der Waals surface area (Å²) in [6.45, 7) is 0.